The molecule has 0 bridgehead atoms. The van der Waals surface area contributed by atoms with Crippen molar-refractivity contribution in [1.29, 1.82) is 0 Å². The Kier molecular flexibility index (Phi) is 7.25. The van der Waals surface area contributed by atoms with Crippen LogP contribution in [-0.4, -0.2) is 51.2 Å². The average Bonchev–Trinajstić information content (AvgIpc) is 3.24. The van der Waals surface area contributed by atoms with Crippen molar-refractivity contribution in [2.45, 2.75) is 39.5 Å². The number of fused-ring (bicyclic) bond motifs is 1. The number of benzene rings is 1. The number of amides is 2. The van der Waals surface area contributed by atoms with Crippen molar-refractivity contribution in [2.24, 2.45) is 0 Å². The van der Waals surface area contributed by atoms with E-state index in [0.29, 0.717) is 22.8 Å². The Morgan fingerprint density at radius 3 is 2.73 bits per heavy atom. The number of methoxy groups -OCH3 is 1. The maximum atomic E-state index is 13.3. The summed E-state index contributed by atoms with van der Waals surface area (Å²) in [5, 5.41) is 2.08. The third kappa shape index (κ3) is 5.82. The van der Waals surface area contributed by atoms with Crippen LogP contribution in [0.4, 0.5) is 18.0 Å². The number of rotatable bonds is 7. The zero-order chi connectivity index (χ0) is 24.2. The third-order valence-corrected chi connectivity index (χ3v) is 4.93. The molecule has 2 aromatic heterocycles. The van der Waals surface area contributed by atoms with E-state index in [1.807, 2.05) is 30.5 Å². The number of imidazole rings is 1. The zero-order valence-electron chi connectivity index (χ0n) is 18.8. The predicted molar refractivity (Wildman–Crippen MR) is 119 cm³/mol. The van der Waals surface area contributed by atoms with Gasteiger partial charge in [-0.1, -0.05) is 29.8 Å². The number of nitrogens with one attached hydrogen (secondary N) is 1. The molecule has 2 heterocycles. The van der Waals surface area contributed by atoms with Crippen LogP contribution >= 0.6 is 0 Å². The molecule has 1 aromatic carbocycles. The first kappa shape index (κ1) is 24.1. The summed E-state index contributed by atoms with van der Waals surface area (Å²) in [6, 6.07) is 4.49. The monoisotopic (exact) mass is 461 g/mol. The Balaban J connectivity index is 1.82. The first-order chi connectivity index (χ1) is 15.6. The average molecular weight is 461 g/mol. The Bertz CT molecular complexity index is 1150. The number of carbonyl (C=O) groups is 1. The quantitative estimate of drug-likeness (QED) is 0.512. The van der Waals surface area contributed by atoms with Gasteiger partial charge < -0.3 is 19.4 Å². The van der Waals surface area contributed by atoms with Gasteiger partial charge in [0.2, 0.25) is 0 Å². The summed E-state index contributed by atoms with van der Waals surface area (Å²) in [7, 11) is 1.51. The fraction of sp³-hybridized carbons (Fsp3) is 0.348. The predicted octanol–water partition coefficient (Wildman–Crippen LogP) is 4.83. The highest BCUT2D eigenvalue weighted by atomic mass is 19.4. The Labute approximate surface area is 189 Å². The minimum Gasteiger partial charge on any atom is -0.478 e. The molecule has 0 aliphatic heterocycles. The molecular formula is C23H26F3N5O2. The molecule has 0 aliphatic carbocycles. The van der Waals surface area contributed by atoms with Gasteiger partial charge in [-0.3, -0.25) is 0 Å². The second kappa shape index (κ2) is 9.93. The lowest BCUT2D eigenvalue weighted by Crippen LogP contribution is -2.49. The van der Waals surface area contributed by atoms with E-state index in [1.165, 1.54) is 12.0 Å². The van der Waals surface area contributed by atoms with Gasteiger partial charge in [-0.05, 0) is 32.4 Å². The molecule has 0 fully saturated rings. The van der Waals surface area contributed by atoms with E-state index in [0.717, 1.165) is 17.2 Å². The van der Waals surface area contributed by atoms with E-state index < -0.39 is 18.2 Å². The molecule has 1 atom stereocenters. The van der Waals surface area contributed by atoms with E-state index in [1.54, 1.807) is 37.6 Å². The van der Waals surface area contributed by atoms with Crippen LogP contribution in [0.5, 0.6) is 5.88 Å². The number of hydrogen-bond acceptors (Lipinski definition) is 4. The number of aromatic nitrogens is 3. The number of hydrogen-bond donors (Lipinski definition) is 1. The molecule has 0 radical (unpaired) electrons. The summed E-state index contributed by atoms with van der Waals surface area (Å²) in [5.41, 5.74) is 3.21. The normalized spacial score (nSPS) is 12.3. The molecular weight excluding hydrogens is 435 g/mol. The molecule has 0 saturated heterocycles. The fourth-order valence-electron chi connectivity index (χ4n) is 3.33. The topological polar surface area (TPSA) is 71.8 Å². The lowest BCUT2D eigenvalue weighted by molar-refractivity contribution is -0.142. The van der Waals surface area contributed by atoms with Crippen molar-refractivity contribution in [3.63, 3.8) is 0 Å². The van der Waals surface area contributed by atoms with E-state index in [4.69, 9.17) is 4.74 Å². The van der Waals surface area contributed by atoms with Crippen molar-refractivity contribution in [2.75, 3.05) is 13.7 Å². The van der Waals surface area contributed by atoms with Crippen LogP contribution in [0, 0.1) is 0 Å². The van der Waals surface area contributed by atoms with Crippen LogP contribution in [0.25, 0.3) is 16.9 Å². The molecule has 0 spiro atoms. The van der Waals surface area contributed by atoms with Gasteiger partial charge in [0.05, 0.1) is 12.8 Å². The van der Waals surface area contributed by atoms with Crippen LogP contribution in [0.2, 0.25) is 0 Å². The molecule has 0 aliphatic rings. The summed E-state index contributed by atoms with van der Waals surface area (Å²) in [6.07, 6.45) is 1.64. The van der Waals surface area contributed by atoms with Crippen molar-refractivity contribution < 1.29 is 22.7 Å². The van der Waals surface area contributed by atoms with E-state index in [-0.39, 0.29) is 13.1 Å². The number of alkyl halides is 3. The lowest BCUT2D eigenvalue weighted by atomic mass is 10.1. The van der Waals surface area contributed by atoms with Crippen molar-refractivity contribution in [3.05, 3.63) is 60.1 Å². The molecule has 2 amide bonds. The van der Waals surface area contributed by atoms with Crippen LogP contribution in [0.3, 0.4) is 0 Å². The van der Waals surface area contributed by atoms with Gasteiger partial charge in [-0.25, -0.2) is 14.8 Å². The summed E-state index contributed by atoms with van der Waals surface area (Å²) >= 11 is 0. The first-order valence-electron chi connectivity index (χ1n) is 10.4. The van der Waals surface area contributed by atoms with Gasteiger partial charge in [0.15, 0.2) is 5.65 Å². The Morgan fingerprint density at radius 1 is 1.33 bits per heavy atom. The standard InChI is InChI=1S/C23H26F3N5O2/c1-5-30(22(32)29-19(11-15(2)3)23(24,25)26)13-16-7-6-8-17(12-16)18-14-31-10-9-27-20(31)21(28-18)33-4/h6-12,14,19H,5,13H2,1-4H3,(H,29,32)/t19-/m0/s1. The molecule has 33 heavy (non-hydrogen) atoms. The third-order valence-electron chi connectivity index (χ3n) is 4.93. The lowest BCUT2D eigenvalue weighted by Gasteiger charge is -2.26. The molecule has 3 aromatic rings. The van der Waals surface area contributed by atoms with Gasteiger partial charge in [0, 0.05) is 37.2 Å². The highest BCUT2D eigenvalue weighted by Crippen LogP contribution is 2.25. The smallest absolute Gasteiger partial charge is 0.412 e. The minimum atomic E-state index is -4.58. The number of nitrogens with zero attached hydrogens (tertiary/aromatic N) is 4. The van der Waals surface area contributed by atoms with E-state index in [9.17, 15) is 18.0 Å². The molecule has 7 nitrogen and oxygen atoms in total. The van der Waals surface area contributed by atoms with Crippen molar-refractivity contribution in [1.82, 2.24) is 24.6 Å². The maximum Gasteiger partial charge on any atom is 0.412 e. The highest BCUT2D eigenvalue weighted by molar-refractivity contribution is 5.75. The number of ether oxygens (including phenoxy) is 1. The highest BCUT2D eigenvalue weighted by Gasteiger charge is 2.39. The zero-order valence-corrected chi connectivity index (χ0v) is 18.8. The molecule has 0 saturated carbocycles. The molecule has 176 valence electrons. The molecule has 0 unspecified atom stereocenters. The summed E-state index contributed by atoms with van der Waals surface area (Å²) < 4.78 is 47.1. The van der Waals surface area contributed by atoms with Crippen molar-refractivity contribution >= 4 is 11.7 Å². The van der Waals surface area contributed by atoms with Crippen LogP contribution < -0.4 is 10.1 Å². The minimum absolute atomic E-state index is 0.139. The van der Waals surface area contributed by atoms with E-state index >= 15 is 0 Å². The van der Waals surface area contributed by atoms with Crippen molar-refractivity contribution in [3.8, 4) is 17.1 Å². The van der Waals surface area contributed by atoms with Crippen LogP contribution in [0.15, 0.2) is 54.5 Å². The largest absolute Gasteiger partial charge is 0.478 e. The summed E-state index contributed by atoms with van der Waals surface area (Å²) in [5.74, 6) is 0.370. The molecule has 3 rings (SSSR count). The van der Waals surface area contributed by atoms with Gasteiger partial charge >= 0.3 is 12.2 Å². The molecule has 1 N–H and O–H groups in total. The fourth-order valence-corrected chi connectivity index (χ4v) is 3.33. The summed E-state index contributed by atoms with van der Waals surface area (Å²) in [6.45, 7) is 5.20. The number of allylic oxidation sites excluding steroid dienone is 1. The summed E-state index contributed by atoms with van der Waals surface area (Å²) in [4.78, 5) is 22.7. The van der Waals surface area contributed by atoms with Crippen LogP contribution in [-0.2, 0) is 6.54 Å². The number of carbonyl (C=O) groups excluding carboxylic acids is 1. The second-order valence-corrected chi connectivity index (χ2v) is 7.72. The van der Waals surface area contributed by atoms with Gasteiger partial charge in [-0.15, -0.1) is 0 Å². The number of halogens is 3. The van der Waals surface area contributed by atoms with Crippen LogP contribution in [0.1, 0.15) is 26.3 Å². The molecule has 10 heteroatoms. The van der Waals surface area contributed by atoms with E-state index in [2.05, 4.69) is 15.3 Å². The van der Waals surface area contributed by atoms with Gasteiger partial charge in [0.1, 0.15) is 6.04 Å². The Morgan fingerprint density at radius 2 is 2.09 bits per heavy atom. The number of urea groups is 1. The SMILES string of the molecule is CCN(Cc1cccc(-c2cn3ccnc3c(OC)n2)c1)C(=O)N[C@@H](C=C(C)C)C(F)(F)F. The van der Waals surface area contributed by atoms with Gasteiger partial charge in [0.25, 0.3) is 5.88 Å². The van der Waals surface area contributed by atoms with Gasteiger partial charge in [-0.2, -0.15) is 13.2 Å². The first-order valence-corrected chi connectivity index (χ1v) is 10.4. The maximum absolute atomic E-state index is 13.3. The Hall–Kier alpha value is -3.56. The second-order valence-electron chi connectivity index (χ2n) is 7.72.